The third-order valence-electron chi connectivity index (χ3n) is 0.934. The zero-order valence-electron chi connectivity index (χ0n) is 4.83. The van der Waals surface area contributed by atoms with Crippen LogP contribution in [0.2, 0.25) is 0 Å². The minimum atomic E-state index is 0.615. The van der Waals surface area contributed by atoms with Gasteiger partial charge in [-0.2, -0.15) is 0 Å². The zero-order valence-corrected chi connectivity index (χ0v) is 4.83. The lowest BCUT2D eigenvalue weighted by Gasteiger charge is -1.88. The number of rotatable bonds is 0. The van der Waals surface area contributed by atoms with Crippen LogP contribution in [0.5, 0.6) is 0 Å². The van der Waals surface area contributed by atoms with Gasteiger partial charge in [-0.05, 0) is 11.6 Å². The second-order valence-electron chi connectivity index (χ2n) is 1.62. The molecule has 0 N–H and O–H groups in total. The molecule has 0 aliphatic rings. The third kappa shape index (κ3) is 1.30. The predicted octanol–water partition coefficient (Wildman–Crippen LogP) is 1.12. The molecule has 0 spiro atoms. The van der Waals surface area contributed by atoms with Crippen LogP contribution in [0.25, 0.3) is 0 Å². The van der Waals surface area contributed by atoms with Gasteiger partial charge in [-0.25, -0.2) is 4.98 Å². The molecule has 1 aromatic rings. The maximum atomic E-state index is 5.35. The Bertz CT molecular complexity index is 228. The van der Waals surface area contributed by atoms with Crippen molar-refractivity contribution in [2.75, 3.05) is 0 Å². The van der Waals surface area contributed by atoms with E-state index in [1.54, 1.807) is 12.1 Å². The zero-order chi connectivity index (χ0) is 6.69. The topological polar surface area (TPSA) is 12.9 Å². The van der Waals surface area contributed by atoms with Crippen molar-refractivity contribution in [3.8, 4) is 12.3 Å². The molecular formula is C8H5N. The van der Waals surface area contributed by atoms with Gasteiger partial charge in [-0.1, -0.05) is 12.0 Å². The van der Waals surface area contributed by atoms with Gasteiger partial charge in [0.2, 0.25) is 0 Å². The van der Waals surface area contributed by atoms with Gasteiger partial charge < -0.3 is 0 Å². The molecule has 0 fully saturated rings. The van der Waals surface area contributed by atoms with E-state index in [9.17, 15) is 0 Å². The summed E-state index contributed by atoms with van der Waals surface area (Å²) in [6.45, 7) is 5.35. The number of hydrogen-bond donors (Lipinski definition) is 0. The molecule has 9 heavy (non-hydrogen) atoms. The maximum Gasteiger partial charge on any atom is 0.112 e. The second kappa shape index (κ2) is 2.32. The molecule has 0 unspecified atom stereocenters. The van der Waals surface area contributed by atoms with Gasteiger partial charge in [-0.3, -0.25) is 0 Å². The Morgan fingerprint density at radius 3 is 2.67 bits per heavy atom. The number of aromatic nitrogens is 1. The summed E-state index contributed by atoms with van der Waals surface area (Å²) >= 11 is 0. The maximum absolute atomic E-state index is 5.35. The van der Waals surface area contributed by atoms with Crippen LogP contribution in [-0.4, -0.2) is 4.98 Å². The van der Waals surface area contributed by atoms with Crippen molar-refractivity contribution in [1.82, 2.24) is 4.98 Å². The Morgan fingerprint density at radius 1 is 1.44 bits per heavy atom. The molecule has 1 rings (SSSR count). The van der Waals surface area contributed by atoms with Crippen molar-refractivity contribution in [3.63, 3.8) is 0 Å². The minimum absolute atomic E-state index is 0.615. The molecule has 0 bridgehead atoms. The van der Waals surface area contributed by atoms with E-state index in [4.69, 9.17) is 13.3 Å². The molecule has 0 atom stereocenters. The van der Waals surface area contributed by atoms with Gasteiger partial charge >= 0.3 is 0 Å². The first kappa shape index (κ1) is 5.84. The summed E-state index contributed by atoms with van der Waals surface area (Å²) in [6.07, 6.45) is 6.58. The molecule has 1 nitrogen and oxygen atoms in total. The summed E-state index contributed by atoms with van der Waals surface area (Å²) in [6, 6.07) is 3.43. The first-order valence-electron chi connectivity index (χ1n) is 2.51. The lowest BCUT2D eigenvalue weighted by atomic mass is 10.3. The van der Waals surface area contributed by atoms with Crippen LogP contribution in [0.1, 0.15) is 11.3 Å². The Hall–Kier alpha value is -1.29. The van der Waals surface area contributed by atoms with Crippen molar-refractivity contribution in [1.29, 1.82) is 0 Å². The third-order valence-corrected chi connectivity index (χ3v) is 0.934. The fourth-order valence-electron chi connectivity index (χ4n) is 0.491. The number of terminal acetylenes is 1. The van der Waals surface area contributed by atoms with Gasteiger partial charge in [0.1, 0.15) is 5.69 Å². The van der Waals surface area contributed by atoms with Crippen LogP contribution in [0, 0.1) is 19.3 Å². The first-order valence-corrected chi connectivity index (χ1v) is 2.51. The van der Waals surface area contributed by atoms with Crippen LogP contribution in [-0.2, 0) is 0 Å². The number of hydrogen-bond acceptors (Lipinski definition) is 1. The van der Waals surface area contributed by atoms with Crippen molar-refractivity contribution in [3.05, 3.63) is 36.5 Å². The molecule has 0 aliphatic heterocycles. The highest BCUT2D eigenvalue weighted by atomic mass is 14.7. The fraction of sp³-hybridized carbons (Fsp3) is 0. The monoisotopic (exact) mass is 115 g/mol. The van der Waals surface area contributed by atoms with E-state index in [0.29, 0.717) is 11.3 Å². The fourth-order valence-corrected chi connectivity index (χ4v) is 0.491. The van der Waals surface area contributed by atoms with Crippen molar-refractivity contribution in [2.24, 2.45) is 0 Å². The molecule has 42 valence electrons. The van der Waals surface area contributed by atoms with Crippen LogP contribution >= 0.6 is 0 Å². The van der Waals surface area contributed by atoms with Gasteiger partial charge in [0.25, 0.3) is 0 Å². The van der Waals surface area contributed by atoms with E-state index < -0.39 is 0 Å². The molecule has 1 heterocycles. The average molecular weight is 115 g/mol. The van der Waals surface area contributed by atoms with Crippen LogP contribution < -0.4 is 0 Å². The summed E-state index contributed by atoms with van der Waals surface area (Å²) in [7, 11) is 0. The summed E-state index contributed by atoms with van der Waals surface area (Å²) in [5.41, 5.74) is 1.25. The second-order valence-corrected chi connectivity index (χ2v) is 1.62. The van der Waals surface area contributed by atoms with Gasteiger partial charge in [-0.15, -0.1) is 6.42 Å². The summed E-state index contributed by atoms with van der Waals surface area (Å²) in [5.74, 6) is 2.39. The number of pyridine rings is 1. The van der Waals surface area contributed by atoms with Gasteiger partial charge in [0.05, 0.1) is 0 Å². The van der Waals surface area contributed by atoms with E-state index in [-0.39, 0.29) is 0 Å². The first-order chi connectivity index (χ1) is 4.33. The Balaban J connectivity index is 3.06. The smallest absolute Gasteiger partial charge is 0.112 e. The molecule has 0 saturated carbocycles. The van der Waals surface area contributed by atoms with Crippen LogP contribution in [0.15, 0.2) is 18.3 Å². The van der Waals surface area contributed by atoms with Crippen molar-refractivity contribution in [2.45, 2.75) is 0 Å². The standard InChI is InChI=1S/C8H5N/c1-3-8-5-4-7(2)6-9-8/h1-2,4-6H. The Morgan fingerprint density at radius 2 is 2.22 bits per heavy atom. The van der Waals surface area contributed by atoms with E-state index >= 15 is 0 Å². The number of nitrogens with zero attached hydrogens (tertiary/aromatic N) is 1. The quantitative estimate of drug-likeness (QED) is 0.462. The Kier molecular flexibility index (Phi) is 1.51. The average Bonchev–Trinajstić information content (AvgIpc) is 1.90. The summed E-state index contributed by atoms with van der Waals surface area (Å²) in [4.78, 5) is 3.84. The minimum Gasteiger partial charge on any atom is -0.248 e. The lowest BCUT2D eigenvalue weighted by Crippen LogP contribution is -1.80. The highest BCUT2D eigenvalue weighted by molar-refractivity contribution is 5.26. The van der Waals surface area contributed by atoms with Crippen molar-refractivity contribution >= 4 is 0 Å². The van der Waals surface area contributed by atoms with E-state index in [1.807, 2.05) is 0 Å². The molecule has 2 radical (unpaired) electrons. The summed E-state index contributed by atoms with van der Waals surface area (Å²) in [5, 5.41) is 0. The molecule has 0 saturated heterocycles. The van der Waals surface area contributed by atoms with Gasteiger partial charge in [0.15, 0.2) is 0 Å². The molecule has 0 aromatic carbocycles. The van der Waals surface area contributed by atoms with Gasteiger partial charge in [0, 0.05) is 13.1 Å². The molecule has 1 aromatic heterocycles. The van der Waals surface area contributed by atoms with Crippen LogP contribution in [0.3, 0.4) is 0 Å². The molecular weight excluding hydrogens is 110 g/mol. The van der Waals surface area contributed by atoms with E-state index in [1.165, 1.54) is 6.20 Å². The highest BCUT2D eigenvalue weighted by Crippen LogP contribution is 1.95. The lowest BCUT2D eigenvalue weighted by molar-refractivity contribution is 1.27. The predicted molar refractivity (Wildman–Crippen MR) is 35.6 cm³/mol. The highest BCUT2D eigenvalue weighted by Gasteiger charge is 1.84. The van der Waals surface area contributed by atoms with Crippen LogP contribution in [0.4, 0.5) is 0 Å². The molecule has 0 aliphatic carbocycles. The summed E-state index contributed by atoms with van der Waals surface area (Å²) < 4.78 is 0. The Labute approximate surface area is 54.7 Å². The van der Waals surface area contributed by atoms with E-state index in [2.05, 4.69) is 10.9 Å². The molecule has 0 amide bonds. The largest absolute Gasteiger partial charge is 0.248 e. The van der Waals surface area contributed by atoms with Crippen molar-refractivity contribution < 1.29 is 0 Å². The normalized spacial score (nSPS) is 8.44. The van der Waals surface area contributed by atoms with E-state index in [0.717, 1.165) is 0 Å². The molecule has 1 heteroatoms. The SMILES string of the molecule is [CH]c1ccc(C#C)nc1.